The van der Waals surface area contributed by atoms with E-state index in [1.807, 2.05) is 0 Å². The van der Waals surface area contributed by atoms with Crippen LogP contribution >= 0.6 is 0 Å². The van der Waals surface area contributed by atoms with Crippen LogP contribution in [0.5, 0.6) is 5.75 Å². The molecule has 2 N–H and O–H groups in total. The van der Waals surface area contributed by atoms with Crippen LogP contribution in [-0.2, 0) is 22.5 Å². The van der Waals surface area contributed by atoms with Gasteiger partial charge in [-0.1, -0.05) is 0 Å². The largest absolute Gasteiger partial charge is 0.491 e. The Morgan fingerprint density at radius 1 is 1.22 bits per heavy atom. The minimum atomic E-state index is -3.18. The highest BCUT2D eigenvalue weighted by Crippen LogP contribution is 2.34. The fourth-order valence-corrected chi connectivity index (χ4v) is 2.83. The molecule has 0 saturated heterocycles. The lowest BCUT2D eigenvalue weighted by atomic mass is 10.1. The van der Waals surface area contributed by atoms with Gasteiger partial charge in [0.1, 0.15) is 29.7 Å². The van der Waals surface area contributed by atoms with E-state index in [1.54, 1.807) is 30.1 Å². The number of amides is 1. The first-order valence-electron chi connectivity index (χ1n) is 9.72. The summed E-state index contributed by atoms with van der Waals surface area (Å²) in [7, 11) is 3.29. The summed E-state index contributed by atoms with van der Waals surface area (Å²) in [6.45, 7) is 2.62. The molecule has 3 aromatic rings. The van der Waals surface area contributed by atoms with Crippen LogP contribution in [0, 0.1) is 0 Å². The number of carbonyl (C=O) groups is 1. The van der Waals surface area contributed by atoms with Gasteiger partial charge in [0.15, 0.2) is 0 Å². The number of ether oxygens (including phenoxy) is 2. The first kappa shape index (κ1) is 23.1. The lowest BCUT2D eigenvalue weighted by Gasteiger charge is -2.16. The molecule has 11 heteroatoms. The number of aryl methyl sites for hydroxylation is 1. The molecule has 0 atom stereocenters. The van der Waals surface area contributed by atoms with E-state index in [2.05, 4.69) is 25.7 Å². The number of carbonyl (C=O) groups excluding carboxylic acids is 1. The predicted molar refractivity (Wildman–Crippen MR) is 115 cm³/mol. The molecular formula is C21H24F2N6O3. The third kappa shape index (κ3) is 5.97. The van der Waals surface area contributed by atoms with Crippen LogP contribution in [0.2, 0.25) is 0 Å². The molecule has 3 aromatic heterocycles. The van der Waals surface area contributed by atoms with Crippen molar-refractivity contribution in [2.45, 2.75) is 19.8 Å². The summed E-state index contributed by atoms with van der Waals surface area (Å²) < 4.78 is 40.2. The Morgan fingerprint density at radius 2 is 2.00 bits per heavy atom. The van der Waals surface area contributed by atoms with Gasteiger partial charge in [-0.15, -0.1) is 0 Å². The van der Waals surface area contributed by atoms with Crippen LogP contribution in [0.1, 0.15) is 19.5 Å². The van der Waals surface area contributed by atoms with E-state index in [9.17, 15) is 13.6 Å². The molecule has 9 nitrogen and oxygen atoms in total. The Balaban J connectivity index is 2.03. The van der Waals surface area contributed by atoms with Crippen molar-refractivity contribution in [2.75, 3.05) is 31.0 Å². The smallest absolute Gasteiger partial charge is 0.287 e. The van der Waals surface area contributed by atoms with Gasteiger partial charge in [-0.2, -0.15) is 13.9 Å². The number of alkyl halides is 2. The maximum Gasteiger partial charge on any atom is 0.287 e. The molecular weight excluding hydrogens is 422 g/mol. The van der Waals surface area contributed by atoms with E-state index in [-0.39, 0.29) is 29.9 Å². The van der Waals surface area contributed by atoms with E-state index in [1.165, 1.54) is 32.4 Å². The first-order chi connectivity index (χ1) is 15.2. The maximum absolute atomic E-state index is 14.1. The van der Waals surface area contributed by atoms with Crippen LogP contribution in [-0.4, -0.2) is 46.0 Å². The number of hydrogen-bond donors (Lipinski definition) is 2. The van der Waals surface area contributed by atoms with Crippen molar-refractivity contribution >= 4 is 23.2 Å². The van der Waals surface area contributed by atoms with Crippen LogP contribution in [0.25, 0.3) is 11.3 Å². The zero-order valence-electron chi connectivity index (χ0n) is 18.1. The number of nitrogens with one attached hydrogen (secondary N) is 2. The monoisotopic (exact) mass is 446 g/mol. The highest BCUT2D eigenvalue weighted by atomic mass is 19.3. The number of aromatic nitrogens is 4. The van der Waals surface area contributed by atoms with E-state index < -0.39 is 11.6 Å². The van der Waals surface area contributed by atoms with Crippen LogP contribution in [0.4, 0.5) is 26.1 Å². The SMILES string of the molecule is COCCOc1cc(Nc2cc(NC(C)=O)ncc2-c2ccn(C)n2)nc(C(C)(F)F)c1. The number of halogens is 2. The standard InChI is InChI=1S/C21H24F2N6O3/c1-13(30)25-19-11-17(15(12-24-19)16-5-6-29(3)28-16)26-20-10-14(32-8-7-31-4)9-18(27-20)21(2,22)23/h5-6,9-12H,7-8H2,1-4H3,(H2,24,25,26,27,30). The topological polar surface area (TPSA) is 103 Å². The molecule has 0 bridgehead atoms. The van der Waals surface area contributed by atoms with Crippen LogP contribution in [0.15, 0.2) is 36.7 Å². The summed E-state index contributed by atoms with van der Waals surface area (Å²) in [5.74, 6) is -2.84. The van der Waals surface area contributed by atoms with E-state index in [4.69, 9.17) is 9.47 Å². The molecule has 1 amide bonds. The Hall–Kier alpha value is -3.60. The summed E-state index contributed by atoms with van der Waals surface area (Å²) >= 11 is 0. The number of hydrogen-bond acceptors (Lipinski definition) is 7. The minimum Gasteiger partial charge on any atom is -0.491 e. The Labute approximate surface area is 183 Å². The van der Waals surface area contributed by atoms with Crippen molar-refractivity contribution in [2.24, 2.45) is 7.05 Å². The lowest BCUT2D eigenvalue weighted by molar-refractivity contribution is -0.114. The lowest BCUT2D eigenvalue weighted by Crippen LogP contribution is -2.13. The zero-order valence-corrected chi connectivity index (χ0v) is 18.1. The second-order valence-corrected chi connectivity index (χ2v) is 7.10. The summed E-state index contributed by atoms with van der Waals surface area (Å²) in [6, 6.07) is 6.06. The van der Waals surface area contributed by atoms with E-state index in [0.717, 1.165) is 6.92 Å². The van der Waals surface area contributed by atoms with Gasteiger partial charge in [-0.05, 0) is 6.07 Å². The fourth-order valence-electron chi connectivity index (χ4n) is 2.83. The average molecular weight is 446 g/mol. The van der Waals surface area contributed by atoms with Crippen molar-refractivity contribution in [3.63, 3.8) is 0 Å². The predicted octanol–water partition coefficient (Wildman–Crippen LogP) is 3.72. The van der Waals surface area contributed by atoms with Gasteiger partial charge >= 0.3 is 0 Å². The molecule has 0 aliphatic rings. The number of pyridine rings is 2. The van der Waals surface area contributed by atoms with Gasteiger partial charge in [0.05, 0.1) is 18.0 Å². The highest BCUT2D eigenvalue weighted by Gasteiger charge is 2.28. The average Bonchev–Trinajstić information content (AvgIpc) is 3.13. The Morgan fingerprint density at radius 3 is 2.62 bits per heavy atom. The molecule has 3 heterocycles. The van der Waals surface area contributed by atoms with Gasteiger partial charge in [0.2, 0.25) is 5.91 Å². The van der Waals surface area contributed by atoms with Gasteiger partial charge in [-0.3, -0.25) is 9.48 Å². The molecule has 0 radical (unpaired) electrons. The van der Waals surface area contributed by atoms with Crippen molar-refractivity contribution < 1.29 is 23.0 Å². The van der Waals surface area contributed by atoms with Gasteiger partial charge < -0.3 is 20.1 Å². The van der Waals surface area contributed by atoms with Crippen molar-refractivity contribution in [1.82, 2.24) is 19.7 Å². The summed E-state index contributed by atoms with van der Waals surface area (Å²) in [5.41, 5.74) is 1.21. The zero-order chi connectivity index (χ0) is 23.3. The molecule has 32 heavy (non-hydrogen) atoms. The molecule has 0 unspecified atom stereocenters. The summed E-state index contributed by atoms with van der Waals surface area (Å²) in [6.07, 6.45) is 3.29. The molecule has 0 fully saturated rings. The summed E-state index contributed by atoms with van der Waals surface area (Å²) in [4.78, 5) is 19.7. The Kier molecular flexibility index (Phi) is 6.98. The van der Waals surface area contributed by atoms with Gasteiger partial charge in [-0.25, -0.2) is 9.97 Å². The molecule has 170 valence electrons. The van der Waals surface area contributed by atoms with Crippen molar-refractivity contribution in [1.29, 1.82) is 0 Å². The third-order valence-corrected chi connectivity index (χ3v) is 4.27. The van der Waals surface area contributed by atoms with Gasteiger partial charge in [0.25, 0.3) is 5.92 Å². The van der Waals surface area contributed by atoms with Crippen molar-refractivity contribution in [3.8, 4) is 17.0 Å². The third-order valence-electron chi connectivity index (χ3n) is 4.27. The molecule has 0 spiro atoms. The number of methoxy groups -OCH3 is 1. The highest BCUT2D eigenvalue weighted by molar-refractivity contribution is 5.89. The molecule has 0 saturated carbocycles. The first-order valence-corrected chi connectivity index (χ1v) is 9.72. The van der Waals surface area contributed by atoms with Crippen molar-refractivity contribution in [3.05, 3.63) is 42.4 Å². The van der Waals surface area contributed by atoms with E-state index in [0.29, 0.717) is 23.6 Å². The number of nitrogens with zero attached hydrogens (tertiary/aromatic N) is 4. The quantitative estimate of drug-likeness (QED) is 0.483. The number of rotatable bonds is 9. The minimum absolute atomic E-state index is 0.133. The fraction of sp³-hybridized carbons (Fsp3) is 0.333. The second-order valence-electron chi connectivity index (χ2n) is 7.10. The maximum atomic E-state index is 14.1. The van der Waals surface area contributed by atoms with Crippen LogP contribution < -0.4 is 15.4 Å². The summed E-state index contributed by atoms with van der Waals surface area (Å²) in [5, 5.41) is 10.0. The molecule has 0 aliphatic heterocycles. The van der Waals surface area contributed by atoms with Crippen LogP contribution in [0.3, 0.4) is 0 Å². The molecule has 3 rings (SSSR count). The molecule has 0 aromatic carbocycles. The normalized spacial score (nSPS) is 11.3. The Bertz CT molecular complexity index is 1100. The second kappa shape index (κ2) is 9.69. The number of anilines is 3. The van der Waals surface area contributed by atoms with E-state index >= 15 is 0 Å². The molecule has 0 aliphatic carbocycles. The van der Waals surface area contributed by atoms with Gasteiger partial charge in [0, 0.05) is 64.2 Å².